The van der Waals surface area contributed by atoms with Crippen molar-refractivity contribution in [2.45, 2.75) is 111 Å². The second kappa shape index (κ2) is 11.4. The van der Waals surface area contributed by atoms with Gasteiger partial charge in [-0.25, -0.2) is 0 Å². The lowest BCUT2D eigenvalue weighted by molar-refractivity contribution is -0.125. The van der Waals surface area contributed by atoms with Crippen LogP contribution in [-0.2, 0) is 9.22 Å². The zero-order chi connectivity index (χ0) is 28.6. The van der Waals surface area contributed by atoms with E-state index in [0.717, 1.165) is 50.8 Å². The first-order valence-electron chi connectivity index (χ1n) is 15.5. The molecule has 1 saturated heterocycles. The Morgan fingerprint density at radius 1 is 1.18 bits per heavy atom. The first kappa shape index (κ1) is 30.4. The van der Waals surface area contributed by atoms with Crippen molar-refractivity contribution >= 4 is 14.1 Å². The van der Waals surface area contributed by atoms with Crippen LogP contribution >= 0.6 is 0 Å². The molecule has 0 unspecified atom stereocenters. The molecule has 6 nitrogen and oxygen atoms in total. The molecule has 1 aliphatic heterocycles. The molecule has 4 rings (SSSR count). The fourth-order valence-corrected chi connectivity index (χ4v) is 9.28. The van der Waals surface area contributed by atoms with Gasteiger partial charge < -0.3 is 9.33 Å². The zero-order valence-electron chi connectivity index (χ0n) is 25.9. The maximum absolute atomic E-state index is 13.7. The van der Waals surface area contributed by atoms with E-state index in [1.807, 2.05) is 0 Å². The summed E-state index contributed by atoms with van der Waals surface area (Å²) in [5.74, 6) is 1.66. The van der Waals surface area contributed by atoms with Crippen molar-refractivity contribution < 1.29 is 9.22 Å². The lowest BCUT2D eigenvalue weighted by atomic mass is 9.49. The van der Waals surface area contributed by atoms with Gasteiger partial charge >= 0.3 is 0 Å². The molecule has 0 bridgehead atoms. The van der Waals surface area contributed by atoms with Crippen LogP contribution in [0.25, 0.3) is 10.4 Å². The summed E-state index contributed by atoms with van der Waals surface area (Å²) in [5, 5.41) is 4.32. The molecule has 0 N–H and O–H groups in total. The Bertz CT molecular complexity index is 1020. The van der Waals surface area contributed by atoms with E-state index in [9.17, 15) is 10.3 Å². The maximum atomic E-state index is 13.7. The summed E-state index contributed by atoms with van der Waals surface area (Å²) in [7, 11) is -1.97. The largest absolute Gasteiger partial charge is 0.417 e. The minimum Gasteiger partial charge on any atom is -0.417 e. The van der Waals surface area contributed by atoms with Gasteiger partial charge in [-0.05, 0) is 110 Å². The zero-order valence-corrected chi connectivity index (χ0v) is 26.9. The number of likely N-dealkylation sites (tertiary alicyclic amines) is 1. The van der Waals surface area contributed by atoms with Crippen LogP contribution in [0, 0.1) is 34.5 Å². The van der Waals surface area contributed by atoms with Gasteiger partial charge in [0.25, 0.3) is 0 Å². The van der Waals surface area contributed by atoms with Crippen LogP contribution < -0.4 is 0 Å². The molecule has 0 aromatic rings. The van der Waals surface area contributed by atoms with E-state index < -0.39 is 8.32 Å². The van der Waals surface area contributed by atoms with E-state index in [1.165, 1.54) is 24.8 Å². The summed E-state index contributed by atoms with van der Waals surface area (Å²) in [4.78, 5) is 19.3. The minimum atomic E-state index is -1.97. The molecule has 39 heavy (non-hydrogen) atoms. The number of Topliss-reactive ketones (excluding diaryl/α,β-unsaturated/α-hetero) is 1. The molecule has 0 radical (unpaired) electrons. The number of hydrogen-bond acceptors (Lipinski definition) is 4. The summed E-state index contributed by atoms with van der Waals surface area (Å²) in [6, 6.07) is 0. The average molecular weight is 555 g/mol. The van der Waals surface area contributed by atoms with Crippen LogP contribution in [0.15, 0.2) is 29.0 Å². The number of carbonyl (C=O) groups excluding carboxylic acids is 1. The molecule has 3 aliphatic carbocycles. The third-order valence-electron chi connectivity index (χ3n) is 12.1. The Balaban J connectivity index is 1.70. The molecule has 7 heteroatoms. The molecule has 0 aromatic heterocycles. The number of hydrogen-bond donors (Lipinski definition) is 0. The van der Waals surface area contributed by atoms with Gasteiger partial charge in [0, 0.05) is 49.3 Å². The highest BCUT2D eigenvalue weighted by molar-refractivity contribution is 6.74. The van der Waals surface area contributed by atoms with Crippen LogP contribution in [0.1, 0.15) is 92.4 Å². The van der Waals surface area contributed by atoms with Crippen molar-refractivity contribution in [2.24, 2.45) is 39.6 Å². The first-order chi connectivity index (χ1) is 18.2. The molecule has 6 atom stereocenters. The van der Waals surface area contributed by atoms with Crippen molar-refractivity contribution in [3.63, 3.8) is 0 Å². The molecule has 4 fully saturated rings. The van der Waals surface area contributed by atoms with Gasteiger partial charge in [0.05, 0.1) is 0 Å². The predicted molar refractivity (Wildman–Crippen MR) is 163 cm³/mol. The van der Waals surface area contributed by atoms with Crippen molar-refractivity contribution in [3.05, 3.63) is 34.4 Å². The number of nitrogens with zero attached hydrogens (tertiary/aromatic N) is 4. The Labute approximate surface area is 238 Å². The highest BCUT2D eigenvalue weighted by Gasteiger charge is 2.57. The van der Waals surface area contributed by atoms with Gasteiger partial charge in [-0.15, -0.1) is 0 Å². The number of fused-ring (bicyclic) bond motifs is 1. The van der Waals surface area contributed by atoms with Crippen LogP contribution in [0.5, 0.6) is 0 Å². The van der Waals surface area contributed by atoms with E-state index in [4.69, 9.17) is 4.43 Å². The second-order valence-electron chi connectivity index (χ2n) is 15.2. The van der Waals surface area contributed by atoms with Crippen LogP contribution in [0.2, 0.25) is 18.1 Å². The minimum absolute atomic E-state index is 0.0845. The summed E-state index contributed by atoms with van der Waals surface area (Å²) < 4.78 is 6.85. The molecule has 4 aliphatic rings. The van der Waals surface area contributed by atoms with E-state index >= 15 is 0 Å². The lowest BCUT2D eigenvalue weighted by Gasteiger charge is -2.56. The van der Waals surface area contributed by atoms with Gasteiger partial charge in [0.2, 0.25) is 0 Å². The van der Waals surface area contributed by atoms with Crippen LogP contribution in [0.3, 0.4) is 0 Å². The summed E-state index contributed by atoms with van der Waals surface area (Å²) >= 11 is 0. The SMILES string of the molecule is C=C1CC[C@H]2[C@H](CN=[N+]=[N-])[C@@H]([C@@]3(C)CC(=CN4CCCCC4)C(=O)C[C@@H]3CO[Si](C)(C)C(C)(C)C)CC[C@]12C. The molecular formula is C32H54N4O2Si. The van der Waals surface area contributed by atoms with E-state index in [2.05, 4.69) is 75.4 Å². The molecule has 218 valence electrons. The van der Waals surface area contributed by atoms with Crippen molar-refractivity contribution in [2.75, 3.05) is 26.2 Å². The van der Waals surface area contributed by atoms with Crippen LogP contribution in [-0.4, -0.2) is 45.2 Å². The fraction of sp³-hybridized carbons (Fsp3) is 0.844. The quantitative estimate of drug-likeness (QED) is 0.0788. The topological polar surface area (TPSA) is 78.3 Å². The standard InChI is InChI=1S/C32H54N4O2Si/c1-23-12-13-27-26(20-34-35-33)28(14-15-31(23,27)5)32(6)19-24(21-36-16-10-9-11-17-36)29(37)18-25(32)22-38-39(7,8)30(2,3)4/h21,25-28H,1,9-20,22H2,2-8H3/t25-,26+,27+,28+,31-,32+/m1/s1. The fourth-order valence-electron chi connectivity index (χ4n) is 8.23. The third kappa shape index (κ3) is 5.92. The van der Waals surface area contributed by atoms with E-state index in [0.29, 0.717) is 43.1 Å². The van der Waals surface area contributed by atoms with Crippen molar-refractivity contribution in [1.29, 1.82) is 0 Å². The number of piperidine rings is 1. The summed E-state index contributed by atoms with van der Waals surface area (Å²) in [6.45, 7) is 24.1. The Morgan fingerprint density at radius 3 is 2.51 bits per heavy atom. The number of ketones is 1. The third-order valence-corrected chi connectivity index (χ3v) is 16.6. The predicted octanol–water partition coefficient (Wildman–Crippen LogP) is 8.67. The highest BCUT2D eigenvalue weighted by Crippen LogP contribution is 2.63. The Morgan fingerprint density at radius 2 is 1.87 bits per heavy atom. The number of azide groups is 1. The second-order valence-corrected chi connectivity index (χ2v) is 20.0. The van der Waals surface area contributed by atoms with Crippen LogP contribution in [0.4, 0.5) is 0 Å². The lowest BCUT2D eigenvalue weighted by Crippen LogP contribution is -2.53. The highest BCUT2D eigenvalue weighted by atomic mass is 28.4. The van der Waals surface area contributed by atoms with Gasteiger partial charge in [-0.2, -0.15) is 0 Å². The van der Waals surface area contributed by atoms with Gasteiger partial charge in [-0.3, -0.25) is 4.79 Å². The van der Waals surface area contributed by atoms with E-state index in [-0.39, 0.29) is 21.8 Å². The molecule has 3 saturated carbocycles. The summed E-state index contributed by atoms with van der Waals surface area (Å²) in [6.07, 6.45) is 11.7. The first-order valence-corrected chi connectivity index (χ1v) is 18.4. The smallest absolute Gasteiger partial charge is 0.191 e. The van der Waals surface area contributed by atoms with Gasteiger partial charge in [0.15, 0.2) is 14.1 Å². The Hall–Kier alpha value is -1.56. The Kier molecular flexibility index (Phi) is 8.86. The molecule has 1 heterocycles. The monoisotopic (exact) mass is 554 g/mol. The number of allylic oxidation sites excluding steroid dienone is 2. The molecule has 0 aromatic carbocycles. The van der Waals surface area contributed by atoms with Crippen molar-refractivity contribution in [3.8, 4) is 0 Å². The van der Waals surface area contributed by atoms with Crippen molar-refractivity contribution in [1.82, 2.24) is 4.90 Å². The number of rotatable bonds is 7. The molecule has 0 spiro atoms. The van der Waals surface area contributed by atoms with E-state index in [1.54, 1.807) is 0 Å². The normalized spacial score (nSPS) is 37.1. The molecular weight excluding hydrogens is 500 g/mol. The molecule has 0 amide bonds. The van der Waals surface area contributed by atoms with Gasteiger partial charge in [-0.1, -0.05) is 51.9 Å². The number of carbonyl (C=O) groups is 1. The van der Waals surface area contributed by atoms with Gasteiger partial charge in [0.1, 0.15) is 0 Å². The summed E-state index contributed by atoms with van der Waals surface area (Å²) in [5.41, 5.74) is 11.8. The maximum Gasteiger partial charge on any atom is 0.191 e. The average Bonchev–Trinajstić information content (AvgIpc) is 3.18.